The first kappa shape index (κ1) is 14.7. The molecule has 98 valence electrons. The van der Waals surface area contributed by atoms with Crippen LogP contribution < -0.4 is 15.8 Å². The normalized spacial score (nSPS) is 10.9. The molecule has 1 aromatic carbocycles. The summed E-state index contributed by atoms with van der Waals surface area (Å²) in [6.45, 7) is 3.32. The van der Waals surface area contributed by atoms with Crippen molar-refractivity contribution in [3.05, 3.63) is 23.2 Å². The van der Waals surface area contributed by atoms with E-state index in [0.29, 0.717) is 16.5 Å². The summed E-state index contributed by atoms with van der Waals surface area (Å²) in [4.78, 5) is 12.1. The van der Waals surface area contributed by atoms with Gasteiger partial charge >= 0.3 is 0 Å². The molecule has 1 amide bonds. The average Bonchev–Trinajstić information content (AvgIpc) is 2.28. The fraction of sp³-hybridized carbons (Fsp3) is 0.333. The number of rotatable bonds is 4. The fourth-order valence-electron chi connectivity index (χ4n) is 1.14. The third kappa shape index (κ3) is 3.11. The first-order valence-corrected chi connectivity index (χ1v) is 6.02. The molecule has 0 aliphatic rings. The number of carbonyl (C=O) groups excluding carboxylic acids is 1. The summed E-state index contributed by atoms with van der Waals surface area (Å²) in [5.74, 6) is 0.263. The Kier molecular flexibility index (Phi) is 4.53. The fourth-order valence-corrected chi connectivity index (χ4v) is 1.49. The first-order chi connectivity index (χ1) is 8.28. The van der Waals surface area contributed by atoms with E-state index < -0.39 is 5.41 Å². The van der Waals surface area contributed by atoms with Crippen molar-refractivity contribution >= 4 is 40.4 Å². The van der Waals surface area contributed by atoms with Crippen LogP contribution >= 0.6 is 23.8 Å². The molecular weight excluding hydrogens is 272 g/mol. The van der Waals surface area contributed by atoms with Gasteiger partial charge in [0.05, 0.1) is 22.5 Å². The van der Waals surface area contributed by atoms with Crippen molar-refractivity contribution in [2.75, 3.05) is 12.4 Å². The summed E-state index contributed by atoms with van der Waals surface area (Å²) in [7, 11) is 1.52. The number of nitrogens with two attached hydrogens (primary N) is 1. The Balaban J connectivity index is 2.89. The number of hydrogen-bond donors (Lipinski definition) is 2. The van der Waals surface area contributed by atoms with E-state index in [9.17, 15) is 4.79 Å². The molecule has 0 unspecified atom stereocenters. The second-order valence-corrected chi connectivity index (χ2v) is 5.14. The molecule has 0 aliphatic heterocycles. The Bertz CT molecular complexity index is 489. The second kappa shape index (κ2) is 5.54. The lowest BCUT2D eigenvalue weighted by Gasteiger charge is -2.22. The van der Waals surface area contributed by atoms with E-state index in [0.717, 1.165) is 0 Å². The number of anilines is 1. The SMILES string of the molecule is COc1ccc(NC(=O)C(C)(C)C(N)=S)cc1Cl. The maximum absolute atomic E-state index is 12.0. The molecule has 1 rings (SSSR count). The Morgan fingerprint density at radius 2 is 2.11 bits per heavy atom. The quantitative estimate of drug-likeness (QED) is 0.835. The molecule has 0 fully saturated rings. The molecule has 3 N–H and O–H groups in total. The van der Waals surface area contributed by atoms with E-state index in [4.69, 9.17) is 34.3 Å². The molecule has 0 heterocycles. The molecule has 0 bridgehead atoms. The molecule has 0 spiro atoms. The second-order valence-electron chi connectivity index (χ2n) is 4.29. The maximum Gasteiger partial charge on any atom is 0.236 e. The van der Waals surface area contributed by atoms with Gasteiger partial charge in [-0.05, 0) is 32.0 Å². The standard InChI is InChI=1S/C12H15ClN2O2S/c1-12(2,10(14)18)11(16)15-7-4-5-9(17-3)8(13)6-7/h4-6H,1-3H3,(H2,14,18)(H,15,16). The highest BCUT2D eigenvalue weighted by molar-refractivity contribution is 7.80. The molecule has 6 heteroatoms. The molecule has 4 nitrogen and oxygen atoms in total. The lowest BCUT2D eigenvalue weighted by molar-refractivity contribution is -0.121. The van der Waals surface area contributed by atoms with Gasteiger partial charge in [-0.1, -0.05) is 23.8 Å². The number of hydrogen-bond acceptors (Lipinski definition) is 3. The summed E-state index contributed by atoms with van der Waals surface area (Å²) in [6.07, 6.45) is 0. The molecule has 0 saturated heterocycles. The van der Waals surface area contributed by atoms with Gasteiger partial charge in [-0.15, -0.1) is 0 Å². The van der Waals surface area contributed by atoms with Gasteiger partial charge in [0.15, 0.2) is 0 Å². The van der Waals surface area contributed by atoms with Crippen molar-refractivity contribution < 1.29 is 9.53 Å². The lowest BCUT2D eigenvalue weighted by atomic mass is 9.92. The molecule has 0 atom stereocenters. The van der Waals surface area contributed by atoms with Crippen LogP contribution in [-0.4, -0.2) is 18.0 Å². The molecule has 0 aromatic heterocycles. The van der Waals surface area contributed by atoms with Gasteiger partial charge in [0, 0.05) is 5.69 Å². The van der Waals surface area contributed by atoms with E-state index in [1.165, 1.54) is 7.11 Å². The van der Waals surface area contributed by atoms with Crippen LogP contribution in [0.15, 0.2) is 18.2 Å². The number of ether oxygens (including phenoxy) is 1. The predicted molar refractivity (Wildman–Crippen MR) is 77.2 cm³/mol. The number of nitrogens with one attached hydrogen (secondary N) is 1. The van der Waals surface area contributed by atoms with Crippen LogP contribution in [0.5, 0.6) is 5.75 Å². The Hall–Kier alpha value is -1.33. The summed E-state index contributed by atoms with van der Waals surface area (Å²) in [5, 5.41) is 3.13. The van der Waals surface area contributed by atoms with Crippen molar-refractivity contribution in [1.82, 2.24) is 0 Å². The average molecular weight is 287 g/mol. The summed E-state index contributed by atoms with van der Waals surface area (Å²) in [5.41, 5.74) is 5.17. The number of benzene rings is 1. The summed E-state index contributed by atoms with van der Waals surface area (Å²) in [6, 6.07) is 4.97. The van der Waals surface area contributed by atoms with Gasteiger partial charge in [0.25, 0.3) is 0 Å². The number of methoxy groups -OCH3 is 1. The van der Waals surface area contributed by atoms with Gasteiger partial charge in [-0.25, -0.2) is 0 Å². The number of carbonyl (C=O) groups is 1. The number of halogens is 1. The van der Waals surface area contributed by atoms with Crippen LogP contribution in [0.3, 0.4) is 0 Å². The Morgan fingerprint density at radius 3 is 2.56 bits per heavy atom. The highest BCUT2D eigenvalue weighted by atomic mass is 35.5. The van der Waals surface area contributed by atoms with Gasteiger partial charge in [-0.3, -0.25) is 4.79 Å². The van der Waals surface area contributed by atoms with Crippen molar-refractivity contribution in [2.24, 2.45) is 11.1 Å². The van der Waals surface area contributed by atoms with Crippen LogP contribution in [0.4, 0.5) is 5.69 Å². The van der Waals surface area contributed by atoms with Gasteiger partial charge in [0.1, 0.15) is 5.75 Å². The third-order valence-electron chi connectivity index (χ3n) is 2.59. The molecule has 0 radical (unpaired) electrons. The highest BCUT2D eigenvalue weighted by Gasteiger charge is 2.30. The maximum atomic E-state index is 12.0. The van der Waals surface area contributed by atoms with E-state index in [2.05, 4.69) is 5.32 Å². The monoisotopic (exact) mass is 286 g/mol. The number of thiocarbonyl (C=S) groups is 1. The largest absolute Gasteiger partial charge is 0.495 e. The molecule has 0 saturated carbocycles. The van der Waals surface area contributed by atoms with Crippen molar-refractivity contribution in [1.29, 1.82) is 0 Å². The van der Waals surface area contributed by atoms with Crippen molar-refractivity contribution in [2.45, 2.75) is 13.8 Å². The minimum absolute atomic E-state index is 0.139. The summed E-state index contributed by atoms with van der Waals surface area (Å²) >= 11 is 10.8. The molecule has 1 aromatic rings. The van der Waals surface area contributed by atoms with Crippen molar-refractivity contribution in [3.63, 3.8) is 0 Å². The zero-order valence-corrected chi connectivity index (χ0v) is 12.0. The van der Waals surface area contributed by atoms with Crippen LogP contribution in [0.1, 0.15) is 13.8 Å². The van der Waals surface area contributed by atoms with Crippen LogP contribution in [0.25, 0.3) is 0 Å². The Labute approximate surface area is 116 Å². The van der Waals surface area contributed by atoms with Crippen LogP contribution in [0.2, 0.25) is 5.02 Å². The van der Waals surface area contributed by atoms with Gasteiger partial charge in [-0.2, -0.15) is 0 Å². The molecule has 18 heavy (non-hydrogen) atoms. The van der Waals surface area contributed by atoms with Crippen molar-refractivity contribution in [3.8, 4) is 5.75 Å². The van der Waals surface area contributed by atoms with Crippen LogP contribution in [-0.2, 0) is 4.79 Å². The minimum Gasteiger partial charge on any atom is -0.495 e. The van der Waals surface area contributed by atoms with E-state index >= 15 is 0 Å². The van der Waals surface area contributed by atoms with E-state index in [1.807, 2.05) is 0 Å². The molecule has 0 aliphatic carbocycles. The van der Waals surface area contributed by atoms with Gasteiger partial charge < -0.3 is 15.8 Å². The molecular formula is C12H15ClN2O2S. The first-order valence-electron chi connectivity index (χ1n) is 5.24. The number of amides is 1. The topological polar surface area (TPSA) is 64.3 Å². The zero-order chi connectivity index (χ0) is 13.9. The van der Waals surface area contributed by atoms with Crippen LogP contribution in [0, 0.1) is 5.41 Å². The van der Waals surface area contributed by atoms with E-state index in [1.54, 1.807) is 32.0 Å². The lowest BCUT2D eigenvalue weighted by Crippen LogP contribution is -2.41. The zero-order valence-electron chi connectivity index (χ0n) is 10.4. The van der Waals surface area contributed by atoms with E-state index in [-0.39, 0.29) is 10.9 Å². The minimum atomic E-state index is -0.915. The summed E-state index contributed by atoms with van der Waals surface area (Å²) < 4.78 is 5.03. The Morgan fingerprint density at radius 1 is 1.50 bits per heavy atom. The predicted octanol–water partition coefficient (Wildman–Crippen LogP) is 2.60. The third-order valence-corrected chi connectivity index (χ3v) is 3.40. The highest BCUT2D eigenvalue weighted by Crippen LogP contribution is 2.28. The van der Waals surface area contributed by atoms with Gasteiger partial charge in [0.2, 0.25) is 5.91 Å². The smallest absolute Gasteiger partial charge is 0.236 e.